The number of guanidine groups is 1. The summed E-state index contributed by atoms with van der Waals surface area (Å²) in [5, 5.41) is 3.16. The number of aryl methyl sites for hydroxylation is 2. The summed E-state index contributed by atoms with van der Waals surface area (Å²) in [5.74, 6) is 2.00. The SMILES string of the molecule is COc1ccc(OC(C)CN=C(N)Nc2ccc3c(c2)CCC3)cc1.I. The molecular formula is C20H26IN3O2. The lowest BCUT2D eigenvalue weighted by molar-refractivity contribution is 0.230. The number of halogens is 1. The number of nitrogens with one attached hydrogen (secondary N) is 1. The number of anilines is 1. The van der Waals surface area contributed by atoms with E-state index in [0.29, 0.717) is 12.5 Å². The lowest BCUT2D eigenvalue weighted by Gasteiger charge is -2.14. The van der Waals surface area contributed by atoms with Gasteiger partial charge in [0.1, 0.15) is 17.6 Å². The molecule has 0 amide bonds. The maximum Gasteiger partial charge on any atom is 0.193 e. The number of rotatable bonds is 6. The van der Waals surface area contributed by atoms with E-state index < -0.39 is 0 Å². The third-order valence-corrected chi connectivity index (χ3v) is 4.29. The third kappa shape index (κ3) is 5.52. The molecule has 3 N–H and O–H groups in total. The highest BCUT2D eigenvalue weighted by Gasteiger charge is 2.11. The molecule has 0 heterocycles. The zero-order chi connectivity index (χ0) is 17.6. The molecule has 0 bridgehead atoms. The highest BCUT2D eigenvalue weighted by atomic mass is 127. The van der Waals surface area contributed by atoms with Gasteiger partial charge in [-0.1, -0.05) is 6.07 Å². The van der Waals surface area contributed by atoms with Gasteiger partial charge in [0, 0.05) is 5.69 Å². The molecule has 140 valence electrons. The lowest BCUT2D eigenvalue weighted by atomic mass is 10.1. The van der Waals surface area contributed by atoms with E-state index in [4.69, 9.17) is 15.2 Å². The van der Waals surface area contributed by atoms with Crippen molar-refractivity contribution in [3.8, 4) is 11.5 Å². The summed E-state index contributed by atoms with van der Waals surface area (Å²) in [7, 11) is 1.64. The standard InChI is InChI=1S/C20H25N3O2.HI/c1-14(25-19-10-8-18(24-2)9-11-19)13-22-20(21)23-17-7-6-15-4-3-5-16(15)12-17;/h6-12,14H,3-5,13H2,1-2H3,(H3,21,22,23);1H. The van der Waals surface area contributed by atoms with Crippen LogP contribution in [0.3, 0.4) is 0 Å². The molecule has 26 heavy (non-hydrogen) atoms. The maximum atomic E-state index is 6.00. The van der Waals surface area contributed by atoms with Gasteiger partial charge in [0.2, 0.25) is 0 Å². The first-order valence-electron chi connectivity index (χ1n) is 8.63. The minimum absolute atomic E-state index is 0. The zero-order valence-corrected chi connectivity index (χ0v) is 17.5. The van der Waals surface area contributed by atoms with Gasteiger partial charge in [-0.3, -0.25) is 0 Å². The number of methoxy groups -OCH3 is 1. The normalized spacial score (nSPS) is 14.2. The summed E-state index contributed by atoms with van der Waals surface area (Å²) in [5.41, 5.74) is 9.85. The van der Waals surface area contributed by atoms with Gasteiger partial charge in [0.25, 0.3) is 0 Å². The van der Waals surface area contributed by atoms with Gasteiger partial charge < -0.3 is 20.5 Å². The highest BCUT2D eigenvalue weighted by molar-refractivity contribution is 14.0. The van der Waals surface area contributed by atoms with Gasteiger partial charge in [-0.15, -0.1) is 24.0 Å². The molecule has 5 nitrogen and oxygen atoms in total. The Kier molecular flexibility index (Phi) is 7.56. The molecule has 0 aromatic heterocycles. The van der Waals surface area contributed by atoms with Crippen LogP contribution in [0.1, 0.15) is 24.5 Å². The second-order valence-electron chi connectivity index (χ2n) is 6.29. The van der Waals surface area contributed by atoms with Crippen LogP contribution in [0.5, 0.6) is 11.5 Å². The lowest BCUT2D eigenvalue weighted by Crippen LogP contribution is -2.25. The van der Waals surface area contributed by atoms with Gasteiger partial charge in [-0.2, -0.15) is 0 Å². The number of hydrogen-bond donors (Lipinski definition) is 2. The van der Waals surface area contributed by atoms with Crippen molar-refractivity contribution in [1.29, 1.82) is 0 Å². The van der Waals surface area contributed by atoms with Crippen LogP contribution in [0.15, 0.2) is 47.5 Å². The molecule has 1 atom stereocenters. The Balaban J connectivity index is 0.00000243. The van der Waals surface area contributed by atoms with Crippen LogP contribution in [0, 0.1) is 0 Å². The van der Waals surface area contributed by atoms with E-state index in [9.17, 15) is 0 Å². The molecule has 1 aliphatic carbocycles. The van der Waals surface area contributed by atoms with Crippen molar-refractivity contribution in [1.82, 2.24) is 0 Å². The third-order valence-electron chi connectivity index (χ3n) is 4.29. The first kappa shape index (κ1) is 20.4. The van der Waals surface area contributed by atoms with E-state index in [1.807, 2.05) is 31.2 Å². The largest absolute Gasteiger partial charge is 0.497 e. The first-order chi connectivity index (χ1) is 12.1. The molecule has 1 unspecified atom stereocenters. The van der Waals surface area contributed by atoms with Gasteiger partial charge >= 0.3 is 0 Å². The summed E-state index contributed by atoms with van der Waals surface area (Å²) in [6, 6.07) is 13.9. The van der Waals surface area contributed by atoms with Crippen LogP contribution in [0.25, 0.3) is 0 Å². The second kappa shape index (κ2) is 9.66. The zero-order valence-electron chi connectivity index (χ0n) is 15.2. The average molecular weight is 467 g/mol. The summed E-state index contributed by atoms with van der Waals surface area (Å²) < 4.78 is 11.0. The monoisotopic (exact) mass is 467 g/mol. The topological polar surface area (TPSA) is 68.9 Å². The van der Waals surface area contributed by atoms with Crippen molar-refractivity contribution in [2.24, 2.45) is 10.7 Å². The number of nitrogens with two attached hydrogens (primary N) is 1. The predicted octanol–water partition coefficient (Wildman–Crippen LogP) is 4.00. The number of ether oxygens (including phenoxy) is 2. The Morgan fingerprint density at radius 3 is 2.54 bits per heavy atom. The molecular weight excluding hydrogens is 441 g/mol. The summed E-state index contributed by atoms with van der Waals surface area (Å²) in [6.45, 7) is 2.45. The second-order valence-corrected chi connectivity index (χ2v) is 6.29. The van der Waals surface area contributed by atoms with E-state index in [1.165, 1.54) is 24.0 Å². The molecule has 2 aromatic carbocycles. The maximum absolute atomic E-state index is 6.00. The number of nitrogens with zero attached hydrogens (tertiary/aromatic N) is 1. The highest BCUT2D eigenvalue weighted by Crippen LogP contribution is 2.24. The summed E-state index contributed by atoms with van der Waals surface area (Å²) in [4.78, 5) is 4.38. The van der Waals surface area contributed by atoms with Crippen molar-refractivity contribution < 1.29 is 9.47 Å². The fourth-order valence-electron chi connectivity index (χ4n) is 2.99. The molecule has 2 aromatic rings. The fourth-order valence-corrected chi connectivity index (χ4v) is 2.99. The Hall–Kier alpha value is -1.96. The quantitative estimate of drug-likeness (QED) is 0.383. The molecule has 1 aliphatic rings. The molecule has 0 saturated heterocycles. The van der Waals surface area contributed by atoms with Crippen molar-refractivity contribution in [3.63, 3.8) is 0 Å². The van der Waals surface area contributed by atoms with E-state index in [1.54, 1.807) is 7.11 Å². The first-order valence-corrected chi connectivity index (χ1v) is 8.63. The van der Waals surface area contributed by atoms with E-state index in [-0.39, 0.29) is 30.1 Å². The number of benzene rings is 2. The smallest absolute Gasteiger partial charge is 0.193 e. The van der Waals surface area contributed by atoms with E-state index >= 15 is 0 Å². The average Bonchev–Trinajstić information content (AvgIpc) is 3.08. The Bertz CT molecular complexity index is 747. The number of fused-ring (bicyclic) bond motifs is 1. The van der Waals surface area contributed by atoms with Gasteiger partial charge in [-0.25, -0.2) is 4.99 Å². The van der Waals surface area contributed by atoms with Crippen molar-refractivity contribution >= 4 is 35.6 Å². The fraction of sp³-hybridized carbons (Fsp3) is 0.350. The Morgan fingerprint density at radius 2 is 1.81 bits per heavy atom. The molecule has 0 radical (unpaired) electrons. The summed E-state index contributed by atoms with van der Waals surface area (Å²) in [6.07, 6.45) is 3.49. The van der Waals surface area contributed by atoms with Crippen LogP contribution in [0.4, 0.5) is 5.69 Å². The molecule has 0 spiro atoms. The van der Waals surface area contributed by atoms with Crippen molar-refractivity contribution in [2.75, 3.05) is 19.0 Å². The van der Waals surface area contributed by atoms with Gasteiger partial charge in [-0.05, 0) is 73.7 Å². The van der Waals surface area contributed by atoms with Crippen LogP contribution in [-0.4, -0.2) is 25.7 Å². The van der Waals surface area contributed by atoms with Crippen LogP contribution in [0.2, 0.25) is 0 Å². The Morgan fingerprint density at radius 1 is 1.12 bits per heavy atom. The molecule has 0 saturated carbocycles. The van der Waals surface area contributed by atoms with E-state index in [2.05, 4.69) is 28.5 Å². The van der Waals surface area contributed by atoms with Crippen LogP contribution in [-0.2, 0) is 12.8 Å². The predicted molar refractivity (Wildman–Crippen MR) is 117 cm³/mol. The summed E-state index contributed by atoms with van der Waals surface area (Å²) >= 11 is 0. The molecule has 0 aliphatic heterocycles. The van der Waals surface area contributed by atoms with Crippen molar-refractivity contribution in [3.05, 3.63) is 53.6 Å². The molecule has 0 fully saturated rings. The van der Waals surface area contributed by atoms with Gasteiger partial charge in [0.05, 0.1) is 13.7 Å². The number of hydrogen-bond acceptors (Lipinski definition) is 3. The van der Waals surface area contributed by atoms with Crippen LogP contribution < -0.4 is 20.5 Å². The minimum Gasteiger partial charge on any atom is -0.497 e. The number of aliphatic imine (C=N–C) groups is 1. The van der Waals surface area contributed by atoms with Gasteiger partial charge in [0.15, 0.2) is 5.96 Å². The van der Waals surface area contributed by atoms with Crippen molar-refractivity contribution in [2.45, 2.75) is 32.3 Å². The molecule has 6 heteroatoms. The minimum atomic E-state index is -0.0752. The van der Waals surface area contributed by atoms with Crippen LogP contribution >= 0.6 is 24.0 Å². The molecule has 3 rings (SSSR count). The van der Waals surface area contributed by atoms with E-state index in [0.717, 1.165) is 23.6 Å². The Labute approximate surface area is 172 Å².